The van der Waals surface area contributed by atoms with Crippen LogP contribution in [0.15, 0.2) is 72.8 Å². The van der Waals surface area contributed by atoms with Crippen molar-refractivity contribution in [2.45, 2.75) is 31.3 Å². The van der Waals surface area contributed by atoms with E-state index in [1.165, 1.54) is 19.1 Å². The van der Waals surface area contributed by atoms with Crippen LogP contribution >= 0.6 is 0 Å². The molecule has 0 fully saturated rings. The highest BCUT2D eigenvalue weighted by atomic mass is 16.6. The van der Waals surface area contributed by atoms with Crippen LogP contribution in [0.5, 0.6) is 11.5 Å². The molecule has 2 atom stereocenters. The van der Waals surface area contributed by atoms with Gasteiger partial charge in [-0.1, -0.05) is 48.5 Å². The zero-order valence-electron chi connectivity index (χ0n) is 29.6. The van der Waals surface area contributed by atoms with Gasteiger partial charge in [-0.25, -0.2) is 4.79 Å². The molecule has 15 heteroatoms. The van der Waals surface area contributed by atoms with Gasteiger partial charge in [0.2, 0.25) is 23.4 Å². The molecule has 2 aliphatic carbocycles. The lowest BCUT2D eigenvalue weighted by Gasteiger charge is -2.36. The molecular formula is C40H37N5O10. The summed E-state index contributed by atoms with van der Waals surface area (Å²) in [5.74, 6) is -6.06. The second-order valence-electron chi connectivity index (χ2n) is 13.5. The third-order valence-electron chi connectivity index (χ3n) is 10.4. The van der Waals surface area contributed by atoms with Crippen LogP contribution in [0.25, 0.3) is 11.1 Å². The Kier molecular flexibility index (Phi) is 9.61. The molecule has 7 N–H and O–H groups in total. The molecule has 15 nitrogen and oxygen atoms in total. The van der Waals surface area contributed by atoms with Gasteiger partial charge in [0.1, 0.15) is 30.2 Å². The number of aromatic hydroxyl groups is 2. The smallest absolute Gasteiger partial charge is 0.410 e. The summed E-state index contributed by atoms with van der Waals surface area (Å²) < 4.78 is 5.90. The standard InChI is InChI=1S/C40H37N5O10/c1-20(38(41)52)44-16-14-42-26-10-11-27(33-32(26)36(50)34-29(46)12-13-30(47)35(34)37(33)51)43-15-17-45(28(39(44)53)18-31(48)49)40(54)55-19-25-23-8-4-2-6-21(23)22-7-3-5-9-24(22)25/h2-13,20,25,28,42-43,46-47H,14-19H2,1H3,(H2,41,52)(H,48,49)/t20-,28-/m0/s1. The Morgan fingerprint density at radius 2 is 1.29 bits per heavy atom. The number of phenolic OH excluding ortho intramolecular Hbond substituents is 2. The Morgan fingerprint density at radius 1 is 0.782 bits per heavy atom. The van der Waals surface area contributed by atoms with Crippen LogP contribution in [-0.4, -0.2) is 105 Å². The third kappa shape index (κ3) is 6.43. The zero-order valence-corrected chi connectivity index (χ0v) is 29.6. The summed E-state index contributed by atoms with van der Waals surface area (Å²) in [4.78, 5) is 83.4. The van der Waals surface area contributed by atoms with E-state index in [2.05, 4.69) is 10.6 Å². The van der Waals surface area contributed by atoms with Gasteiger partial charge in [-0.05, 0) is 53.4 Å². The molecule has 0 saturated heterocycles. The quantitative estimate of drug-likeness (QED) is 0.137. The number of benzene rings is 4. The molecule has 4 aromatic rings. The van der Waals surface area contributed by atoms with E-state index in [1.807, 2.05) is 48.5 Å². The number of carboxylic acid groups (broad SMARTS) is 1. The van der Waals surface area contributed by atoms with Gasteiger partial charge in [0.25, 0.3) is 0 Å². The zero-order chi connectivity index (χ0) is 39.1. The number of phenols is 2. The summed E-state index contributed by atoms with van der Waals surface area (Å²) in [7, 11) is 0. The van der Waals surface area contributed by atoms with Crippen molar-refractivity contribution in [3.05, 3.63) is 106 Å². The van der Waals surface area contributed by atoms with E-state index >= 15 is 0 Å². The number of nitrogens with zero attached hydrogens (tertiary/aromatic N) is 2. The maximum absolute atomic E-state index is 14.4. The number of ketones is 2. The number of amides is 3. The lowest BCUT2D eigenvalue weighted by Crippen LogP contribution is -2.57. The van der Waals surface area contributed by atoms with Crippen molar-refractivity contribution in [2.75, 3.05) is 43.4 Å². The summed E-state index contributed by atoms with van der Waals surface area (Å²) in [6.45, 7) is 0.324. The number of nitrogens with one attached hydrogen (secondary N) is 2. The van der Waals surface area contributed by atoms with E-state index < -0.39 is 65.4 Å². The number of aliphatic carboxylic acids is 1. The minimum absolute atomic E-state index is 0.113. The maximum Gasteiger partial charge on any atom is 0.410 e. The molecule has 0 radical (unpaired) electrons. The molecule has 0 unspecified atom stereocenters. The summed E-state index contributed by atoms with van der Waals surface area (Å²) >= 11 is 0. The number of hydrogen-bond donors (Lipinski definition) is 6. The summed E-state index contributed by atoms with van der Waals surface area (Å²) in [5, 5.41) is 37.3. The average molecular weight is 748 g/mol. The van der Waals surface area contributed by atoms with Crippen LogP contribution in [0.1, 0.15) is 62.2 Å². The molecule has 1 heterocycles. The Labute approximate surface area is 314 Å². The Bertz CT molecular complexity index is 2240. The average Bonchev–Trinajstić information content (AvgIpc) is 3.49. The minimum atomic E-state index is -1.65. The molecule has 282 valence electrons. The third-order valence-corrected chi connectivity index (χ3v) is 10.4. The van der Waals surface area contributed by atoms with Gasteiger partial charge in [-0.15, -0.1) is 0 Å². The number of carboxylic acids is 1. The van der Waals surface area contributed by atoms with Crippen LogP contribution in [0.3, 0.4) is 0 Å². The number of carbonyl (C=O) groups is 6. The van der Waals surface area contributed by atoms with Crippen molar-refractivity contribution in [3.8, 4) is 22.6 Å². The highest BCUT2D eigenvalue weighted by Gasteiger charge is 2.41. The van der Waals surface area contributed by atoms with Crippen LogP contribution in [0, 0.1) is 0 Å². The van der Waals surface area contributed by atoms with E-state index in [4.69, 9.17) is 10.5 Å². The van der Waals surface area contributed by atoms with E-state index in [-0.39, 0.29) is 72.3 Å². The normalized spacial score (nSPS) is 17.2. The van der Waals surface area contributed by atoms with Gasteiger partial charge in [0.05, 0.1) is 28.7 Å². The monoisotopic (exact) mass is 747 g/mol. The van der Waals surface area contributed by atoms with Crippen molar-refractivity contribution in [3.63, 3.8) is 0 Å². The van der Waals surface area contributed by atoms with E-state index in [9.17, 15) is 44.1 Å². The second kappa shape index (κ2) is 14.5. The first-order chi connectivity index (χ1) is 26.4. The lowest BCUT2D eigenvalue weighted by atomic mass is 9.81. The van der Waals surface area contributed by atoms with E-state index in [0.717, 1.165) is 44.2 Å². The van der Waals surface area contributed by atoms with Crippen molar-refractivity contribution in [1.82, 2.24) is 9.80 Å². The summed E-state index contributed by atoms with van der Waals surface area (Å²) in [5.41, 5.74) is 8.78. The number of anilines is 2. The van der Waals surface area contributed by atoms with Crippen molar-refractivity contribution < 1.29 is 48.8 Å². The molecule has 4 aromatic carbocycles. The van der Waals surface area contributed by atoms with Gasteiger partial charge in [-0.2, -0.15) is 0 Å². The number of primary amides is 1. The molecule has 3 aliphatic rings. The fourth-order valence-corrected chi connectivity index (χ4v) is 7.67. The first kappa shape index (κ1) is 36.5. The van der Waals surface area contributed by atoms with Crippen LogP contribution < -0.4 is 16.4 Å². The fraction of sp³-hybridized carbons (Fsp3) is 0.250. The molecule has 0 spiro atoms. The number of nitrogens with two attached hydrogens (primary N) is 1. The topological polar surface area (TPSA) is 229 Å². The molecule has 0 saturated carbocycles. The van der Waals surface area contributed by atoms with E-state index in [1.54, 1.807) is 0 Å². The largest absolute Gasteiger partial charge is 0.507 e. The molecule has 2 bridgehead atoms. The molecule has 7 rings (SSSR count). The fourth-order valence-electron chi connectivity index (χ4n) is 7.67. The van der Waals surface area contributed by atoms with Crippen molar-refractivity contribution >= 4 is 46.8 Å². The number of hydrogen-bond acceptors (Lipinski definition) is 11. The van der Waals surface area contributed by atoms with Gasteiger partial charge in [0.15, 0.2) is 0 Å². The van der Waals surface area contributed by atoms with Gasteiger partial charge < -0.3 is 41.3 Å². The molecular weight excluding hydrogens is 710 g/mol. The van der Waals surface area contributed by atoms with Crippen molar-refractivity contribution in [2.24, 2.45) is 5.73 Å². The van der Waals surface area contributed by atoms with Gasteiger partial charge in [0, 0.05) is 43.5 Å². The highest BCUT2D eigenvalue weighted by Crippen LogP contribution is 2.45. The minimum Gasteiger partial charge on any atom is -0.507 e. The molecule has 3 amide bonds. The van der Waals surface area contributed by atoms with Crippen LogP contribution in [0.4, 0.5) is 16.2 Å². The molecule has 1 aliphatic heterocycles. The Balaban J connectivity index is 1.27. The first-order valence-corrected chi connectivity index (χ1v) is 17.6. The lowest BCUT2D eigenvalue weighted by molar-refractivity contribution is -0.147. The number of rotatable bonds is 6. The van der Waals surface area contributed by atoms with E-state index in [0.29, 0.717) is 0 Å². The van der Waals surface area contributed by atoms with Crippen molar-refractivity contribution in [1.29, 1.82) is 0 Å². The number of ether oxygens (including phenoxy) is 1. The Hall–Kier alpha value is -6.90. The van der Waals surface area contributed by atoms with Gasteiger partial charge in [-0.3, -0.25) is 28.9 Å². The predicted molar refractivity (Wildman–Crippen MR) is 198 cm³/mol. The molecule has 0 aromatic heterocycles. The Morgan fingerprint density at radius 3 is 1.80 bits per heavy atom. The SMILES string of the molecule is C[C@@H](C(N)=O)N1CCNc2ccc(c3c2C(=O)c2c(O)ccc(O)c2C3=O)NCCN(C(=O)OCC2c3ccccc3-c3ccccc32)[C@@H](CC(=O)O)C1=O. The highest BCUT2D eigenvalue weighted by molar-refractivity contribution is 6.33. The molecule has 55 heavy (non-hydrogen) atoms. The summed E-state index contributed by atoms with van der Waals surface area (Å²) in [6, 6.07) is 17.7. The second-order valence-corrected chi connectivity index (χ2v) is 13.5. The first-order valence-electron chi connectivity index (χ1n) is 17.6. The van der Waals surface area contributed by atoms with Gasteiger partial charge >= 0.3 is 12.1 Å². The number of carbonyl (C=O) groups excluding carboxylic acids is 5. The summed E-state index contributed by atoms with van der Waals surface area (Å²) in [6.07, 6.45) is -1.84. The maximum atomic E-state index is 14.4. The van der Waals surface area contributed by atoms with Crippen LogP contribution in [-0.2, 0) is 19.1 Å². The van der Waals surface area contributed by atoms with Crippen LogP contribution in [0.2, 0.25) is 0 Å². The number of fused-ring (bicyclic) bond motifs is 10. The predicted octanol–water partition coefficient (Wildman–Crippen LogP) is 3.51.